The minimum absolute atomic E-state index is 0.269. The maximum absolute atomic E-state index is 12.7. The number of nitrogens with zero attached hydrogens (tertiary/aromatic N) is 1. The quantitative estimate of drug-likeness (QED) is 0.483. The van der Waals surface area contributed by atoms with Crippen molar-refractivity contribution in [1.82, 2.24) is 15.2 Å². The molecule has 1 aromatic heterocycles. The van der Waals surface area contributed by atoms with Crippen LogP contribution in [0.4, 0.5) is 5.69 Å². The molecule has 4 N–H and O–H groups in total. The zero-order valence-corrected chi connectivity index (χ0v) is 15.6. The van der Waals surface area contributed by atoms with Gasteiger partial charge in [0.1, 0.15) is 6.04 Å². The van der Waals surface area contributed by atoms with Crippen LogP contribution in [0.25, 0.3) is 10.9 Å². The molecule has 0 radical (unpaired) electrons. The average molecular weight is 396 g/mol. The monoisotopic (exact) mass is 395 g/mol. The minimum atomic E-state index is -0.576. The van der Waals surface area contributed by atoms with Crippen LogP contribution in [0.15, 0.2) is 53.8 Å². The molecule has 1 aliphatic rings. The number of H-pyrrole nitrogens is 1. The van der Waals surface area contributed by atoms with Crippen molar-refractivity contribution in [3.63, 3.8) is 0 Å². The van der Waals surface area contributed by atoms with E-state index in [-0.39, 0.29) is 11.8 Å². The van der Waals surface area contributed by atoms with E-state index in [1.165, 1.54) is 0 Å². The van der Waals surface area contributed by atoms with Crippen molar-refractivity contribution in [2.45, 2.75) is 18.9 Å². The summed E-state index contributed by atoms with van der Waals surface area (Å²) < 4.78 is 0. The summed E-state index contributed by atoms with van der Waals surface area (Å²) in [4.78, 5) is 30.6. The summed E-state index contributed by atoms with van der Waals surface area (Å²) >= 11 is 5.81. The molecule has 0 saturated heterocycles. The molecule has 28 heavy (non-hydrogen) atoms. The van der Waals surface area contributed by atoms with Crippen LogP contribution < -0.4 is 15.6 Å². The lowest BCUT2D eigenvalue weighted by Gasteiger charge is -2.15. The normalized spacial score (nSPS) is 13.8. The molecular weight excluding hydrogens is 378 g/mol. The van der Waals surface area contributed by atoms with Crippen molar-refractivity contribution in [2.75, 3.05) is 5.32 Å². The first-order chi connectivity index (χ1) is 13.7. The lowest BCUT2D eigenvalue weighted by atomic mass is 10.0. The maximum Gasteiger partial charge on any atom is 0.272 e. The second-order valence-electron chi connectivity index (χ2n) is 6.56. The Labute approximate surface area is 166 Å². The highest BCUT2D eigenvalue weighted by Crippen LogP contribution is 2.27. The molecule has 0 fully saturated rings. The highest BCUT2D eigenvalue weighted by molar-refractivity contribution is 6.17. The first kappa shape index (κ1) is 18.2. The molecule has 1 aliphatic heterocycles. The van der Waals surface area contributed by atoms with Crippen LogP contribution in [-0.4, -0.2) is 29.1 Å². The van der Waals surface area contributed by atoms with Crippen molar-refractivity contribution >= 4 is 46.4 Å². The molecule has 1 atom stereocenters. The minimum Gasteiger partial charge on any atom is -0.360 e. The molecule has 2 heterocycles. The van der Waals surface area contributed by atoms with Gasteiger partial charge in [-0.05, 0) is 42.3 Å². The van der Waals surface area contributed by atoms with Crippen molar-refractivity contribution in [3.05, 3.63) is 65.4 Å². The van der Waals surface area contributed by atoms with Crippen LogP contribution in [0.3, 0.4) is 0 Å². The molecule has 0 saturated carbocycles. The summed E-state index contributed by atoms with van der Waals surface area (Å²) in [5.74, 6) is -0.596. The van der Waals surface area contributed by atoms with E-state index in [1.54, 1.807) is 24.5 Å². The van der Waals surface area contributed by atoms with Crippen molar-refractivity contribution in [3.8, 4) is 0 Å². The summed E-state index contributed by atoms with van der Waals surface area (Å²) in [5, 5.41) is 7.50. The predicted octanol–water partition coefficient (Wildman–Crippen LogP) is 2.93. The van der Waals surface area contributed by atoms with Gasteiger partial charge in [-0.15, -0.1) is 0 Å². The van der Waals surface area contributed by atoms with Gasteiger partial charge in [-0.3, -0.25) is 9.59 Å². The average Bonchev–Trinajstić information content (AvgIpc) is 3.03. The fraction of sp³-hybridized carbons (Fsp3) is 0.150. The fourth-order valence-corrected chi connectivity index (χ4v) is 3.50. The van der Waals surface area contributed by atoms with E-state index in [1.807, 2.05) is 30.3 Å². The van der Waals surface area contributed by atoms with Gasteiger partial charge < -0.3 is 10.3 Å². The van der Waals surface area contributed by atoms with E-state index in [2.05, 4.69) is 25.7 Å². The molecule has 7 nitrogen and oxygen atoms in total. The van der Waals surface area contributed by atoms with Crippen molar-refractivity contribution in [1.29, 1.82) is 0 Å². The van der Waals surface area contributed by atoms with Gasteiger partial charge in [0.05, 0.1) is 11.8 Å². The van der Waals surface area contributed by atoms with Crippen molar-refractivity contribution in [2.24, 2.45) is 5.10 Å². The fourth-order valence-electron chi connectivity index (χ4n) is 3.29. The summed E-state index contributed by atoms with van der Waals surface area (Å²) in [7, 11) is 0. The smallest absolute Gasteiger partial charge is 0.272 e. The zero-order valence-electron chi connectivity index (χ0n) is 14.8. The van der Waals surface area contributed by atoms with Gasteiger partial charge in [0.15, 0.2) is 0 Å². The van der Waals surface area contributed by atoms with E-state index < -0.39 is 6.04 Å². The zero-order chi connectivity index (χ0) is 19.5. The van der Waals surface area contributed by atoms with Gasteiger partial charge in [0.25, 0.3) is 5.91 Å². The summed E-state index contributed by atoms with van der Waals surface area (Å²) in [6.45, 7) is 0. The SMILES string of the molecule is O=C1NN=Cc2c[nH]c3cc(NC(=O)[C@@H](CCc4ccccc4)NCl)cc1c23. The Morgan fingerprint density at radius 2 is 2.04 bits per heavy atom. The number of halogens is 1. The first-order valence-electron chi connectivity index (χ1n) is 8.85. The number of rotatable bonds is 6. The van der Waals surface area contributed by atoms with E-state index in [0.29, 0.717) is 24.1 Å². The highest BCUT2D eigenvalue weighted by atomic mass is 35.5. The van der Waals surface area contributed by atoms with Gasteiger partial charge in [-0.2, -0.15) is 5.10 Å². The number of aromatic amines is 1. The predicted molar refractivity (Wildman–Crippen MR) is 110 cm³/mol. The second-order valence-corrected chi connectivity index (χ2v) is 6.78. The topological polar surface area (TPSA) is 98.4 Å². The number of hydrogen-bond acceptors (Lipinski definition) is 4. The molecule has 142 valence electrons. The number of amides is 2. The van der Waals surface area contributed by atoms with E-state index in [9.17, 15) is 9.59 Å². The molecule has 2 amide bonds. The van der Waals surface area contributed by atoms with Gasteiger partial charge >= 0.3 is 0 Å². The van der Waals surface area contributed by atoms with Crippen molar-refractivity contribution < 1.29 is 9.59 Å². The molecular formula is C20H18ClN5O2. The summed E-state index contributed by atoms with van der Waals surface area (Å²) in [6.07, 6.45) is 4.60. The number of nitrogens with one attached hydrogen (secondary N) is 4. The lowest BCUT2D eigenvalue weighted by Crippen LogP contribution is -2.36. The molecule has 2 aromatic carbocycles. The van der Waals surface area contributed by atoms with E-state index in [4.69, 9.17) is 11.8 Å². The number of carbonyl (C=O) groups is 2. The van der Waals surface area contributed by atoms with Gasteiger partial charge in [-0.1, -0.05) is 30.3 Å². The summed E-state index contributed by atoms with van der Waals surface area (Å²) in [5.41, 5.74) is 6.10. The number of aryl methyl sites for hydroxylation is 1. The number of hydrazone groups is 1. The molecule has 0 aliphatic carbocycles. The van der Waals surface area contributed by atoms with Crippen LogP contribution in [-0.2, 0) is 11.2 Å². The second kappa shape index (κ2) is 7.84. The molecule has 0 spiro atoms. The number of benzene rings is 2. The third-order valence-electron chi connectivity index (χ3n) is 4.70. The molecule has 0 bridgehead atoms. The standard InChI is InChI=1S/C20H18ClN5O2/c21-25-16(7-6-12-4-2-1-3-5-12)20(28)24-14-8-15-18-13(10-22-17(18)9-14)11-23-26-19(15)27/h1-5,8-11,16,22,25H,6-7H2,(H,24,28)(H,26,27)/t16-/m1/s1. The Bertz CT molecular complexity index is 1060. The van der Waals surface area contributed by atoms with E-state index >= 15 is 0 Å². The van der Waals surface area contributed by atoms with Crippen LogP contribution in [0, 0.1) is 0 Å². The number of carbonyl (C=O) groups excluding carboxylic acids is 2. The van der Waals surface area contributed by atoms with Gasteiger partial charge in [-0.25, -0.2) is 10.3 Å². The van der Waals surface area contributed by atoms with Crippen LogP contribution >= 0.6 is 11.8 Å². The Kier molecular flexibility index (Phi) is 5.10. The third-order valence-corrected chi connectivity index (χ3v) is 4.97. The third kappa shape index (κ3) is 3.62. The molecule has 8 heteroatoms. The molecule has 0 unspecified atom stereocenters. The highest BCUT2D eigenvalue weighted by Gasteiger charge is 2.21. The first-order valence-corrected chi connectivity index (χ1v) is 9.23. The summed E-state index contributed by atoms with van der Waals surface area (Å²) in [6, 6.07) is 12.7. The van der Waals surface area contributed by atoms with Crippen LogP contribution in [0.2, 0.25) is 0 Å². The Balaban J connectivity index is 1.53. The largest absolute Gasteiger partial charge is 0.360 e. The number of aromatic nitrogens is 1. The van der Waals surface area contributed by atoms with Gasteiger partial charge in [0, 0.05) is 28.4 Å². The molecule has 3 aromatic rings. The Morgan fingerprint density at radius 1 is 1.21 bits per heavy atom. The Hall–Kier alpha value is -3.16. The number of hydrogen-bond donors (Lipinski definition) is 4. The lowest BCUT2D eigenvalue weighted by molar-refractivity contribution is -0.117. The number of anilines is 1. The van der Waals surface area contributed by atoms with Gasteiger partial charge in [0.2, 0.25) is 5.91 Å². The van der Waals surface area contributed by atoms with E-state index in [0.717, 1.165) is 22.0 Å². The molecule has 4 rings (SSSR count). The Morgan fingerprint density at radius 3 is 2.82 bits per heavy atom. The van der Waals surface area contributed by atoms with Crippen LogP contribution in [0.1, 0.15) is 27.9 Å². The van der Waals surface area contributed by atoms with Crippen LogP contribution in [0.5, 0.6) is 0 Å². The maximum atomic E-state index is 12.7.